The fourth-order valence-corrected chi connectivity index (χ4v) is 6.98. The number of hydrogen-bond acceptors (Lipinski definition) is 6. The lowest BCUT2D eigenvalue weighted by molar-refractivity contribution is 0.109. The number of amides is 1. The average Bonchev–Trinajstić information content (AvgIpc) is 3.16. The molecule has 1 aliphatic heterocycles. The summed E-state index contributed by atoms with van der Waals surface area (Å²) in [5.41, 5.74) is 0.727. The topological polar surface area (TPSA) is 88.6 Å². The summed E-state index contributed by atoms with van der Waals surface area (Å²) in [5.74, 6) is 0.331. The van der Waals surface area contributed by atoms with Crippen LogP contribution in [0.15, 0.2) is 35.4 Å². The van der Waals surface area contributed by atoms with Crippen LogP contribution in [-0.4, -0.2) is 49.0 Å². The number of ether oxygens (including phenoxy) is 1. The third-order valence-corrected chi connectivity index (χ3v) is 9.00. The molecule has 0 atom stereocenters. The molecule has 0 unspecified atom stereocenters. The number of nitrogens with one attached hydrogen (secondary N) is 1. The Labute approximate surface area is 187 Å². The predicted molar refractivity (Wildman–Crippen MR) is 121 cm³/mol. The zero-order chi connectivity index (χ0) is 22.0. The Morgan fingerprint density at radius 1 is 1.19 bits per heavy atom. The highest BCUT2D eigenvalue weighted by Gasteiger charge is 2.32. The van der Waals surface area contributed by atoms with E-state index in [1.165, 1.54) is 4.31 Å². The number of benzene rings is 1. The minimum atomic E-state index is -3.46. The lowest BCUT2D eigenvalue weighted by Crippen LogP contribution is -2.42. The summed E-state index contributed by atoms with van der Waals surface area (Å²) in [4.78, 5) is 17.7. The summed E-state index contributed by atoms with van der Waals surface area (Å²) in [6, 6.07) is 7.33. The van der Waals surface area contributed by atoms with Crippen LogP contribution in [0.25, 0.3) is 10.4 Å². The Morgan fingerprint density at radius 3 is 2.55 bits per heavy atom. The number of rotatable bonds is 6. The molecular formula is C22H29N3O4S2. The lowest BCUT2D eigenvalue weighted by atomic mass is 9.86. The van der Waals surface area contributed by atoms with Crippen LogP contribution < -0.4 is 5.32 Å². The molecule has 7 nitrogen and oxygen atoms in total. The molecular weight excluding hydrogens is 434 g/mol. The fourth-order valence-electron chi connectivity index (χ4n) is 4.06. The fraction of sp³-hybridized carbons (Fsp3) is 0.545. The molecule has 1 saturated heterocycles. The Balaban J connectivity index is 1.44. The van der Waals surface area contributed by atoms with Gasteiger partial charge in [-0.05, 0) is 52.0 Å². The minimum absolute atomic E-state index is 0.127. The lowest BCUT2D eigenvalue weighted by Gasteiger charge is -2.30. The van der Waals surface area contributed by atoms with E-state index in [1.807, 2.05) is 26.0 Å². The molecule has 2 fully saturated rings. The van der Waals surface area contributed by atoms with E-state index >= 15 is 0 Å². The van der Waals surface area contributed by atoms with Crippen LogP contribution in [0.4, 0.5) is 4.79 Å². The van der Waals surface area contributed by atoms with Crippen molar-refractivity contribution in [3.05, 3.63) is 35.5 Å². The van der Waals surface area contributed by atoms with Gasteiger partial charge in [-0.25, -0.2) is 18.2 Å². The molecule has 2 aromatic rings. The molecule has 1 aromatic heterocycles. The van der Waals surface area contributed by atoms with Gasteiger partial charge in [-0.1, -0.05) is 18.2 Å². The first-order valence-electron chi connectivity index (χ1n) is 10.9. The maximum Gasteiger partial charge on any atom is 0.407 e. The van der Waals surface area contributed by atoms with Crippen LogP contribution >= 0.6 is 11.3 Å². The van der Waals surface area contributed by atoms with Crippen LogP contribution in [0.3, 0.4) is 0 Å². The normalized spacial score (nSPS) is 22.2. The first kappa shape index (κ1) is 22.2. The summed E-state index contributed by atoms with van der Waals surface area (Å²) in [5, 5.41) is 3.99. The van der Waals surface area contributed by atoms with Gasteiger partial charge >= 0.3 is 6.09 Å². The van der Waals surface area contributed by atoms with Gasteiger partial charge in [-0.2, -0.15) is 4.31 Å². The third kappa shape index (κ3) is 4.94. The van der Waals surface area contributed by atoms with E-state index in [0.29, 0.717) is 23.9 Å². The van der Waals surface area contributed by atoms with Crippen molar-refractivity contribution in [1.82, 2.24) is 14.6 Å². The maximum absolute atomic E-state index is 13.0. The van der Waals surface area contributed by atoms with E-state index in [4.69, 9.17) is 4.74 Å². The largest absolute Gasteiger partial charge is 0.447 e. The molecule has 168 valence electrons. The van der Waals surface area contributed by atoms with E-state index in [0.717, 1.165) is 47.6 Å². The summed E-state index contributed by atoms with van der Waals surface area (Å²) < 4.78 is 32.7. The van der Waals surface area contributed by atoms with Gasteiger partial charge in [-0.15, -0.1) is 11.3 Å². The number of thiazole rings is 1. The smallest absolute Gasteiger partial charge is 0.407 e. The van der Waals surface area contributed by atoms with Crippen LogP contribution in [-0.2, 0) is 14.8 Å². The summed E-state index contributed by atoms with van der Waals surface area (Å²) >= 11 is 1.58. The van der Waals surface area contributed by atoms with Crippen LogP contribution in [0.5, 0.6) is 0 Å². The van der Waals surface area contributed by atoms with Gasteiger partial charge in [0.15, 0.2) is 0 Å². The second kappa shape index (κ2) is 9.26. The van der Waals surface area contributed by atoms with Gasteiger partial charge in [0.05, 0.1) is 20.9 Å². The first-order valence-corrected chi connectivity index (χ1v) is 13.1. The molecule has 1 aliphatic carbocycles. The van der Waals surface area contributed by atoms with Crippen molar-refractivity contribution in [3.8, 4) is 10.4 Å². The van der Waals surface area contributed by atoms with Crippen LogP contribution in [0, 0.1) is 0 Å². The Kier molecular flexibility index (Phi) is 6.64. The average molecular weight is 464 g/mol. The van der Waals surface area contributed by atoms with Crippen LogP contribution in [0.2, 0.25) is 0 Å². The van der Waals surface area contributed by atoms with Crippen molar-refractivity contribution >= 4 is 27.5 Å². The van der Waals surface area contributed by atoms with Crippen LogP contribution in [0.1, 0.15) is 56.9 Å². The Morgan fingerprint density at radius 2 is 1.90 bits per heavy atom. The highest BCUT2D eigenvalue weighted by molar-refractivity contribution is 7.89. The molecule has 1 saturated carbocycles. The number of sulfonamides is 1. The van der Waals surface area contributed by atoms with Crippen molar-refractivity contribution in [3.63, 3.8) is 0 Å². The molecule has 31 heavy (non-hydrogen) atoms. The highest BCUT2D eigenvalue weighted by atomic mass is 32.2. The van der Waals surface area contributed by atoms with Crippen molar-refractivity contribution in [2.45, 2.75) is 68.9 Å². The molecule has 9 heteroatoms. The van der Waals surface area contributed by atoms with Crippen molar-refractivity contribution in [2.24, 2.45) is 0 Å². The van der Waals surface area contributed by atoms with Gasteiger partial charge in [0.25, 0.3) is 0 Å². The number of carbonyl (C=O) groups is 1. The van der Waals surface area contributed by atoms with Crippen molar-refractivity contribution in [2.75, 3.05) is 13.1 Å². The Bertz CT molecular complexity index is 1020. The second-order valence-electron chi connectivity index (χ2n) is 8.46. The molecule has 2 heterocycles. The summed E-state index contributed by atoms with van der Waals surface area (Å²) in [7, 11) is -3.46. The molecule has 0 radical (unpaired) electrons. The number of aromatic nitrogens is 1. The zero-order valence-electron chi connectivity index (χ0n) is 17.9. The summed E-state index contributed by atoms with van der Waals surface area (Å²) in [6.07, 6.45) is 5.88. The molecule has 1 amide bonds. The third-order valence-electron chi connectivity index (χ3n) is 5.85. The van der Waals surface area contributed by atoms with Gasteiger partial charge < -0.3 is 10.1 Å². The monoisotopic (exact) mass is 463 g/mol. The van der Waals surface area contributed by atoms with Crippen molar-refractivity contribution < 1.29 is 17.9 Å². The summed E-state index contributed by atoms with van der Waals surface area (Å²) in [6.45, 7) is 4.85. The van der Waals surface area contributed by atoms with E-state index in [2.05, 4.69) is 10.3 Å². The standard InChI is InChI=1S/C22H29N3O4S2/c1-15(2)29-22(26)24-17-10-8-16(9-11-17)21-23-14-19(30-21)18-6-3-4-7-20(18)31(27,28)25-12-5-13-25/h3-4,6-7,14-17H,5,8-13H2,1-2H3,(H,24,26)/t16-,17-. The van der Waals surface area contributed by atoms with E-state index in [-0.39, 0.29) is 18.2 Å². The number of hydrogen-bond donors (Lipinski definition) is 1. The SMILES string of the molecule is CC(C)OC(=O)N[C@H]1CC[C@H](c2ncc(-c3ccccc3S(=O)(=O)N3CCC3)s2)CC1. The zero-order valence-corrected chi connectivity index (χ0v) is 19.5. The Hall–Kier alpha value is -1.97. The molecule has 2 aliphatic rings. The predicted octanol–water partition coefficient (Wildman–Crippen LogP) is 4.37. The van der Waals surface area contributed by atoms with Gasteiger partial charge in [-0.3, -0.25) is 0 Å². The second-order valence-corrected chi connectivity index (χ2v) is 11.4. The van der Waals surface area contributed by atoms with Gasteiger partial charge in [0.1, 0.15) is 0 Å². The maximum atomic E-state index is 13.0. The molecule has 0 bridgehead atoms. The first-order chi connectivity index (χ1) is 14.8. The highest BCUT2D eigenvalue weighted by Crippen LogP contribution is 2.40. The molecule has 4 rings (SSSR count). The molecule has 1 N–H and O–H groups in total. The van der Waals surface area contributed by atoms with Gasteiger partial charge in [0.2, 0.25) is 10.0 Å². The van der Waals surface area contributed by atoms with Crippen molar-refractivity contribution in [1.29, 1.82) is 0 Å². The minimum Gasteiger partial charge on any atom is -0.447 e. The number of nitrogens with zero attached hydrogens (tertiary/aromatic N) is 2. The molecule has 1 aromatic carbocycles. The quantitative estimate of drug-likeness (QED) is 0.687. The van der Waals surface area contributed by atoms with E-state index in [1.54, 1.807) is 29.7 Å². The van der Waals surface area contributed by atoms with Gasteiger partial charge in [0, 0.05) is 36.8 Å². The number of carbonyl (C=O) groups excluding carboxylic acids is 1. The molecule has 0 spiro atoms. The number of alkyl carbamates (subject to hydrolysis) is 1. The van der Waals surface area contributed by atoms with E-state index in [9.17, 15) is 13.2 Å². The van der Waals surface area contributed by atoms with E-state index < -0.39 is 10.0 Å².